The average Bonchev–Trinajstić information content (AvgIpc) is 3.25. The van der Waals surface area contributed by atoms with Crippen molar-refractivity contribution in [3.8, 4) is 5.69 Å². The molecule has 0 unspecified atom stereocenters. The van der Waals surface area contributed by atoms with E-state index in [1.54, 1.807) is 23.0 Å². The fourth-order valence-electron chi connectivity index (χ4n) is 2.84. The number of nitrogens with one attached hydrogen (secondary N) is 1. The first-order valence-electron chi connectivity index (χ1n) is 9.57. The summed E-state index contributed by atoms with van der Waals surface area (Å²) in [6, 6.07) is 16.0. The van der Waals surface area contributed by atoms with Gasteiger partial charge in [-0.05, 0) is 48.7 Å². The van der Waals surface area contributed by atoms with Crippen LogP contribution in [-0.2, 0) is 16.1 Å². The van der Waals surface area contributed by atoms with Crippen LogP contribution in [0.3, 0.4) is 0 Å². The summed E-state index contributed by atoms with van der Waals surface area (Å²) in [5.41, 5.74) is 3.38. The van der Waals surface area contributed by atoms with E-state index in [0.717, 1.165) is 16.8 Å². The third-order valence-electron chi connectivity index (χ3n) is 4.61. The molecule has 0 aliphatic heterocycles. The second-order valence-corrected chi connectivity index (χ2v) is 7.29. The molecule has 0 saturated carbocycles. The summed E-state index contributed by atoms with van der Waals surface area (Å²) < 4.78 is 7.22. The minimum Gasteiger partial charge on any atom is -0.459 e. The fraction of sp³-hybridized carbons (Fsp3) is 0.261. The number of rotatable bonds is 7. The fourth-order valence-corrected chi connectivity index (χ4v) is 2.84. The van der Waals surface area contributed by atoms with Crippen molar-refractivity contribution in [2.75, 3.05) is 0 Å². The number of hydrogen-bond donors (Lipinski definition) is 1. The van der Waals surface area contributed by atoms with Gasteiger partial charge in [0.25, 0.3) is 5.91 Å². The van der Waals surface area contributed by atoms with Gasteiger partial charge in [-0.3, -0.25) is 4.79 Å². The molecule has 0 fully saturated rings. The van der Waals surface area contributed by atoms with Crippen molar-refractivity contribution in [1.82, 2.24) is 15.1 Å². The number of nitrogens with zero attached hydrogens (tertiary/aromatic N) is 2. The molecule has 0 bridgehead atoms. The summed E-state index contributed by atoms with van der Waals surface area (Å²) in [4.78, 5) is 25.1. The van der Waals surface area contributed by atoms with Crippen LogP contribution < -0.4 is 5.32 Å². The summed E-state index contributed by atoms with van der Waals surface area (Å²) in [7, 11) is 0. The van der Waals surface area contributed by atoms with Crippen LogP contribution in [0.5, 0.6) is 0 Å². The van der Waals surface area contributed by atoms with Gasteiger partial charge in [-0.1, -0.05) is 43.7 Å². The lowest BCUT2D eigenvalue weighted by Gasteiger charge is -2.21. The molecule has 0 spiro atoms. The van der Waals surface area contributed by atoms with Crippen LogP contribution in [0, 0.1) is 12.8 Å². The Morgan fingerprint density at radius 1 is 1.07 bits per heavy atom. The standard InChI is InChI=1S/C23H25N3O3/c1-16(2)21(25-22(27)19-9-5-17(3)6-10-19)23(28)29-15-18-7-11-20(12-8-18)26-14-4-13-24-26/h4-14,16,21H,15H2,1-3H3,(H,25,27)/t21-/m0/s1. The monoisotopic (exact) mass is 391 g/mol. The summed E-state index contributed by atoms with van der Waals surface area (Å²) in [5.74, 6) is -0.833. The topological polar surface area (TPSA) is 73.2 Å². The maximum absolute atomic E-state index is 12.6. The van der Waals surface area contributed by atoms with E-state index in [-0.39, 0.29) is 18.4 Å². The van der Waals surface area contributed by atoms with Crippen molar-refractivity contribution in [1.29, 1.82) is 0 Å². The summed E-state index contributed by atoms with van der Waals surface area (Å²) in [6.07, 6.45) is 3.58. The Balaban J connectivity index is 1.59. The number of esters is 1. The van der Waals surface area contributed by atoms with E-state index in [9.17, 15) is 9.59 Å². The van der Waals surface area contributed by atoms with E-state index in [1.807, 2.05) is 69.4 Å². The molecule has 1 heterocycles. The average molecular weight is 391 g/mol. The van der Waals surface area contributed by atoms with Crippen molar-refractivity contribution in [3.05, 3.63) is 83.7 Å². The van der Waals surface area contributed by atoms with Crippen LogP contribution in [0.2, 0.25) is 0 Å². The number of carbonyl (C=O) groups excluding carboxylic acids is 2. The molecule has 29 heavy (non-hydrogen) atoms. The van der Waals surface area contributed by atoms with Crippen LogP contribution >= 0.6 is 0 Å². The molecule has 2 aromatic carbocycles. The zero-order valence-corrected chi connectivity index (χ0v) is 16.8. The molecule has 3 aromatic rings. The molecule has 150 valence electrons. The SMILES string of the molecule is Cc1ccc(C(=O)N[C@H](C(=O)OCc2ccc(-n3cccn3)cc2)C(C)C)cc1. The van der Waals surface area contributed by atoms with E-state index in [0.29, 0.717) is 5.56 Å². The lowest BCUT2D eigenvalue weighted by Crippen LogP contribution is -2.45. The molecule has 0 aliphatic rings. The molecular formula is C23H25N3O3. The number of carbonyl (C=O) groups is 2. The number of amides is 1. The summed E-state index contributed by atoms with van der Waals surface area (Å²) in [5, 5.41) is 6.97. The Kier molecular flexibility index (Phi) is 6.44. The third kappa shape index (κ3) is 5.31. The minimum absolute atomic E-state index is 0.0981. The number of ether oxygens (including phenoxy) is 1. The Bertz CT molecular complexity index is 946. The van der Waals surface area contributed by atoms with E-state index < -0.39 is 12.0 Å². The number of hydrogen-bond acceptors (Lipinski definition) is 4. The number of aromatic nitrogens is 2. The maximum Gasteiger partial charge on any atom is 0.329 e. The van der Waals surface area contributed by atoms with Gasteiger partial charge >= 0.3 is 5.97 Å². The molecule has 0 aliphatic carbocycles. The smallest absolute Gasteiger partial charge is 0.329 e. The van der Waals surface area contributed by atoms with E-state index >= 15 is 0 Å². The lowest BCUT2D eigenvalue weighted by atomic mass is 10.0. The highest BCUT2D eigenvalue weighted by molar-refractivity contribution is 5.96. The molecule has 3 rings (SSSR count). The van der Waals surface area contributed by atoms with E-state index in [4.69, 9.17) is 4.74 Å². The van der Waals surface area contributed by atoms with Crippen LogP contribution in [0.4, 0.5) is 0 Å². The highest BCUT2D eigenvalue weighted by atomic mass is 16.5. The second kappa shape index (κ2) is 9.19. The third-order valence-corrected chi connectivity index (χ3v) is 4.61. The van der Waals surface area contributed by atoms with E-state index in [2.05, 4.69) is 10.4 Å². The molecule has 1 atom stereocenters. The van der Waals surface area contributed by atoms with E-state index in [1.165, 1.54) is 0 Å². The predicted octanol–water partition coefficient (Wildman–Crippen LogP) is 3.68. The molecule has 1 amide bonds. The van der Waals surface area contributed by atoms with Crippen molar-refractivity contribution in [2.24, 2.45) is 5.92 Å². The zero-order chi connectivity index (χ0) is 20.8. The van der Waals surface area contributed by atoms with Gasteiger partial charge in [0.1, 0.15) is 12.6 Å². The van der Waals surface area contributed by atoms with Gasteiger partial charge in [-0.15, -0.1) is 0 Å². The normalized spacial score (nSPS) is 11.9. The van der Waals surface area contributed by atoms with Gasteiger partial charge in [0.15, 0.2) is 0 Å². The van der Waals surface area contributed by atoms with Crippen LogP contribution in [0.25, 0.3) is 5.69 Å². The molecule has 1 aromatic heterocycles. The quantitative estimate of drug-likeness (QED) is 0.624. The predicted molar refractivity (Wildman–Crippen MR) is 111 cm³/mol. The highest BCUT2D eigenvalue weighted by Gasteiger charge is 2.26. The largest absolute Gasteiger partial charge is 0.459 e. The molecule has 1 N–H and O–H groups in total. The Labute approximate surface area is 170 Å². The molecule has 0 radical (unpaired) electrons. The van der Waals surface area contributed by atoms with Gasteiger partial charge in [0.05, 0.1) is 5.69 Å². The first kappa shape index (κ1) is 20.3. The molecule has 6 heteroatoms. The molecule has 0 saturated heterocycles. The Hall–Kier alpha value is -3.41. The first-order chi connectivity index (χ1) is 13.9. The summed E-state index contributed by atoms with van der Waals surface area (Å²) >= 11 is 0. The van der Waals surface area contributed by atoms with Crippen molar-refractivity contribution >= 4 is 11.9 Å². The zero-order valence-electron chi connectivity index (χ0n) is 16.8. The van der Waals surface area contributed by atoms with Crippen molar-refractivity contribution in [2.45, 2.75) is 33.4 Å². The highest BCUT2D eigenvalue weighted by Crippen LogP contribution is 2.12. The van der Waals surface area contributed by atoms with Crippen LogP contribution in [0.1, 0.15) is 35.3 Å². The van der Waals surface area contributed by atoms with Crippen molar-refractivity contribution in [3.63, 3.8) is 0 Å². The Morgan fingerprint density at radius 2 is 1.76 bits per heavy atom. The van der Waals surface area contributed by atoms with Crippen LogP contribution in [0.15, 0.2) is 67.0 Å². The molecule has 6 nitrogen and oxygen atoms in total. The minimum atomic E-state index is -0.716. The van der Waals surface area contributed by atoms with Gasteiger partial charge in [0, 0.05) is 18.0 Å². The van der Waals surface area contributed by atoms with Crippen molar-refractivity contribution < 1.29 is 14.3 Å². The lowest BCUT2D eigenvalue weighted by molar-refractivity contribution is -0.148. The Morgan fingerprint density at radius 3 is 2.34 bits per heavy atom. The van der Waals surface area contributed by atoms with Crippen LogP contribution in [-0.4, -0.2) is 27.7 Å². The van der Waals surface area contributed by atoms with Gasteiger partial charge in [-0.25, -0.2) is 9.48 Å². The second-order valence-electron chi connectivity index (χ2n) is 7.29. The van der Waals surface area contributed by atoms with Gasteiger partial charge in [-0.2, -0.15) is 5.10 Å². The van der Waals surface area contributed by atoms with Gasteiger partial charge < -0.3 is 10.1 Å². The first-order valence-corrected chi connectivity index (χ1v) is 9.57. The summed E-state index contributed by atoms with van der Waals surface area (Å²) in [6.45, 7) is 5.85. The maximum atomic E-state index is 12.6. The van der Waals surface area contributed by atoms with Gasteiger partial charge in [0.2, 0.25) is 0 Å². The molecular weight excluding hydrogens is 366 g/mol. The number of benzene rings is 2. The number of aryl methyl sites for hydroxylation is 1.